The van der Waals surface area contributed by atoms with Crippen molar-refractivity contribution in [2.75, 3.05) is 32.8 Å². The van der Waals surface area contributed by atoms with E-state index < -0.39 is 0 Å². The number of unbranched alkanes of at least 4 members (excludes halogenated alkanes) is 1. The minimum atomic E-state index is 0.646. The third-order valence-corrected chi connectivity index (χ3v) is 4.89. The van der Waals surface area contributed by atoms with Gasteiger partial charge in [-0.1, -0.05) is 19.8 Å². The van der Waals surface area contributed by atoms with Gasteiger partial charge in [-0.25, -0.2) is 0 Å². The first-order valence-corrected chi connectivity index (χ1v) is 7.83. The fraction of sp³-hybridized carbons (Fsp3) is 1.00. The molecule has 18 heavy (non-hydrogen) atoms. The highest BCUT2D eigenvalue weighted by Crippen LogP contribution is 2.24. The van der Waals surface area contributed by atoms with Crippen molar-refractivity contribution in [2.24, 2.45) is 17.6 Å². The average Bonchev–Trinajstić information content (AvgIpc) is 2.76. The highest BCUT2D eigenvalue weighted by molar-refractivity contribution is 4.85. The van der Waals surface area contributed by atoms with E-state index in [1.54, 1.807) is 0 Å². The molecule has 2 unspecified atom stereocenters. The summed E-state index contributed by atoms with van der Waals surface area (Å²) in [5, 5.41) is 0. The van der Waals surface area contributed by atoms with Crippen LogP contribution in [0.15, 0.2) is 0 Å². The second-order valence-corrected chi connectivity index (χ2v) is 6.16. The number of rotatable bonds is 6. The van der Waals surface area contributed by atoms with E-state index >= 15 is 0 Å². The summed E-state index contributed by atoms with van der Waals surface area (Å²) in [6.07, 6.45) is 8.04. The molecule has 0 radical (unpaired) electrons. The zero-order chi connectivity index (χ0) is 12.8. The summed E-state index contributed by atoms with van der Waals surface area (Å²) in [4.78, 5) is 2.62. The number of hydrogen-bond acceptors (Lipinski definition) is 3. The second-order valence-electron chi connectivity index (χ2n) is 6.16. The topological polar surface area (TPSA) is 38.5 Å². The van der Waals surface area contributed by atoms with Crippen molar-refractivity contribution in [3.63, 3.8) is 0 Å². The van der Waals surface area contributed by atoms with Gasteiger partial charge in [0, 0.05) is 25.8 Å². The molecular weight excluding hydrogens is 224 g/mol. The first-order valence-electron chi connectivity index (χ1n) is 7.83. The van der Waals surface area contributed by atoms with Crippen LogP contribution < -0.4 is 5.73 Å². The Hall–Kier alpha value is -0.120. The van der Waals surface area contributed by atoms with Gasteiger partial charge in [0.25, 0.3) is 0 Å². The maximum absolute atomic E-state index is 5.88. The molecule has 0 amide bonds. The average molecular weight is 254 g/mol. The Morgan fingerprint density at radius 2 is 1.94 bits per heavy atom. The van der Waals surface area contributed by atoms with Gasteiger partial charge in [0.15, 0.2) is 0 Å². The Bertz CT molecular complexity index is 229. The fourth-order valence-electron chi connectivity index (χ4n) is 3.53. The SMILES string of the molecule is CC1CCN(CCCCC2CCOCC2)C1CN. The van der Waals surface area contributed by atoms with Crippen LogP contribution in [-0.2, 0) is 4.74 Å². The lowest BCUT2D eigenvalue weighted by Gasteiger charge is -2.26. The van der Waals surface area contributed by atoms with Gasteiger partial charge >= 0.3 is 0 Å². The maximum atomic E-state index is 5.88. The third kappa shape index (κ3) is 3.94. The molecule has 106 valence electrons. The number of hydrogen-bond donors (Lipinski definition) is 1. The Morgan fingerprint density at radius 3 is 2.67 bits per heavy atom. The van der Waals surface area contributed by atoms with Crippen LogP contribution in [0.3, 0.4) is 0 Å². The minimum absolute atomic E-state index is 0.646. The molecule has 0 aromatic rings. The van der Waals surface area contributed by atoms with Crippen LogP contribution in [-0.4, -0.2) is 43.8 Å². The molecule has 2 aliphatic rings. The summed E-state index contributed by atoms with van der Waals surface area (Å²) in [5.74, 6) is 1.73. The third-order valence-electron chi connectivity index (χ3n) is 4.89. The summed E-state index contributed by atoms with van der Waals surface area (Å²) >= 11 is 0. The van der Waals surface area contributed by atoms with E-state index in [1.165, 1.54) is 51.6 Å². The van der Waals surface area contributed by atoms with Crippen LogP contribution in [0, 0.1) is 11.8 Å². The van der Waals surface area contributed by atoms with Crippen molar-refractivity contribution in [2.45, 2.75) is 51.5 Å². The standard InChI is InChI=1S/C15H30N2O/c1-13-5-9-17(15(13)12-16)8-3-2-4-14-6-10-18-11-7-14/h13-15H,2-12,16H2,1H3. The minimum Gasteiger partial charge on any atom is -0.381 e. The maximum Gasteiger partial charge on any atom is 0.0468 e. The van der Waals surface area contributed by atoms with Gasteiger partial charge in [-0.3, -0.25) is 4.90 Å². The number of ether oxygens (including phenoxy) is 1. The van der Waals surface area contributed by atoms with Gasteiger partial charge in [-0.05, 0) is 50.6 Å². The first-order chi connectivity index (χ1) is 8.81. The van der Waals surface area contributed by atoms with Gasteiger partial charge in [0.1, 0.15) is 0 Å². The summed E-state index contributed by atoms with van der Waals surface area (Å²) in [5.41, 5.74) is 5.88. The van der Waals surface area contributed by atoms with Crippen LogP contribution in [0.25, 0.3) is 0 Å². The molecule has 0 aromatic heterocycles. The van der Waals surface area contributed by atoms with Gasteiger partial charge < -0.3 is 10.5 Å². The van der Waals surface area contributed by atoms with Crippen molar-refractivity contribution in [1.82, 2.24) is 4.90 Å². The molecule has 0 aromatic carbocycles. The van der Waals surface area contributed by atoms with Crippen LogP contribution in [0.1, 0.15) is 45.4 Å². The summed E-state index contributed by atoms with van der Waals surface area (Å²) in [7, 11) is 0. The lowest BCUT2D eigenvalue weighted by molar-refractivity contribution is 0.0628. The zero-order valence-electron chi connectivity index (χ0n) is 11.9. The number of likely N-dealkylation sites (tertiary alicyclic amines) is 1. The predicted octanol–water partition coefficient (Wildman–Crippen LogP) is 2.25. The van der Waals surface area contributed by atoms with Gasteiger partial charge in [-0.2, -0.15) is 0 Å². The van der Waals surface area contributed by atoms with Crippen LogP contribution >= 0.6 is 0 Å². The van der Waals surface area contributed by atoms with E-state index in [0.29, 0.717) is 6.04 Å². The smallest absolute Gasteiger partial charge is 0.0468 e. The summed E-state index contributed by atoms with van der Waals surface area (Å²) in [6.45, 7) is 7.68. The van der Waals surface area contributed by atoms with Gasteiger partial charge in [-0.15, -0.1) is 0 Å². The molecule has 2 fully saturated rings. The molecule has 2 heterocycles. The molecule has 0 aliphatic carbocycles. The van der Waals surface area contributed by atoms with E-state index in [4.69, 9.17) is 10.5 Å². The molecule has 3 nitrogen and oxygen atoms in total. The Morgan fingerprint density at radius 1 is 1.17 bits per heavy atom. The van der Waals surface area contributed by atoms with Gasteiger partial charge in [0.2, 0.25) is 0 Å². The zero-order valence-corrected chi connectivity index (χ0v) is 11.9. The largest absolute Gasteiger partial charge is 0.381 e. The Labute approximate surface area is 112 Å². The lowest BCUT2D eigenvalue weighted by Crippen LogP contribution is -2.38. The molecular formula is C15H30N2O. The molecule has 2 atom stereocenters. The van der Waals surface area contributed by atoms with Crippen molar-refractivity contribution >= 4 is 0 Å². The molecule has 2 aliphatic heterocycles. The Balaban J connectivity index is 1.57. The van der Waals surface area contributed by atoms with Crippen molar-refractivity contribution in [3.05, 3.63) is 0 Å². The quantitative estimate of drug-likeness (QED) is 0.739. The molecule has 0 saturated carbocycles. The summed E-state index contributed by atoms with van der Waals surface area (Å²) in [6, 6.07) is 0.646. The lowest BCUT2D eigenvalue weighted by atomic mass is 9.94. The van der Waals surface area contributed by atoms with Gasteiger partial charge in [0.05, 0.1) is 0 Å². The van der Waals surface area contributed by atoms with Crippen molar-refractivity contribution in [1.29, 1.82) is 0 Å². The highest BCUT2D eigenvalue weighted by atomic mass is 16.5. The second kappa shape index (κ2) is 7.46. The van der Waals surface area contributed by atoms with Crippen LogP contribution in [0.4, 0.5) is 0 Å². The molecule has 2 N–H and O–H groups in total. The molecule has 2 saturated heterocycles. The first kappa shape index (κ1) is 14.3. The van der Waals surface area contributed by atoms with E-state index in [9.17, 15) is 0 Å². The fourth-order valence-corrected chi connectivity index (χ4v) is 3.53. The molecule has 2 rings (SSSR count). The Kier molecular flexibility index (Phi) is 5.93. The molecule has 0 bridgehead atoms. The van der Waals surface area contributed by atoms with E-state index in [2.05, 4.69) is 11.8 Å². The number of nitrogens with two attached hydrogens (primary N) is 1. The van der Waals surface area contributed by atoms with E-state index in [-0.39, 0.29) is 0 Å². The monoisotopic (exact) mass is 254 g/mol. The molecule has 0 spiro atoms. The van der Waals surface area contributed by atoms with Crippen molar-refractivity contribution < 1.29 is 4.74 Å². The predicted molar refractivity (Wildman–Crippen MR) is 75.6 cm³/mol. The van der Waals surface area contributed by atoms with Crippen LogP contribution in [0.5, 0.6) is 0 Å². The van der Waals surface area contributed by atoms with Crippen LogP contribution in [0.2, 0.25) is 0 Å². The highest BCUT2D eigenvalue weighted by Gasteiger charge is 2.29. The molecule has 3 heteroatoms. The van der Waals surface area contributed by atoms with E-state index in [1.807, 2.05) is 0 Å². The summed E-state index contributed by atoms with van der Waals surface area (Å²) < 4.78 is 5.41. The normalized spacial score (nSPS) is 31.0. The number of nitrogens with zero attached hydrogens (tertiary/aromatic N) is 1. The van der Waals surface area contributed by atoms with Crippen molar-refractivity contribution in [3.8, 4) is 0 Å². The van der Waals surface area contributed by atoms with E-state index in [0.717, 1.165) is 31.6 Å².